The minimum atomic E-state index is -4.45. The maximum Gasteiger partial charge on any atom is 0.399 e. The summed E-state index contributed by atoms with van der Waals surface area (Å²) >= 11 is 1.53. The number of nitrogens with zero attached hydrogens (tertiary/aromatic N) is 1. The van der Waals surface area contributed by atoms with Crippen molar-refractivity contribution in [3.05, 3.63) is 22.4 Å². The summed E-state index contributed by atoms with van der Waals surface area (Å²) in [6, 6.07) is 4.00. The molecule has 1 aliphatic rings. The van der Waals surface area contributed by atoms with Gasteiger partial charge in [-0.2, -0.15) is 13.2 Å². The Hall–Kier alpha value is -1.08. The summed E-state index contributed by atoms with van der Waals surface area (Å²) in [4.78, 5) is 2.84. The molecular formula is C12H16F3N3S. The molecule has 1 fully saturated rings. The predicted octanol–water partition coefficient (Wildman–Crippen LogP) is 2.83. The van der Waals surface area contributed by atoms with Crippen LogP contribution in [0, 0.1) is 11.3 Å². The summed E-state index contributed by atoms with van der Waals surface area (Å²) in [5.41, 5.74) is 5.10. The van der Waals surface area contributed by atoms with Gasteiger partial charge in [0.05, 0.1) is 0 Å². The Balaban J connectivity index is 2.05. The number of nitrogens with one attached hydrogen (secondary N) is 1. The lowest BCUT2D eigenvalue weighted by atomic mass is 10.1. The molecule has 1 aromatic rings. The van der Waals surface area contributed by atoms with Crippen molar-refractivity contribution in [2.24, 2.45) is 11.7 Å². The second kappa shape index (κ2) is 5.50. The van der Waals surface area contributed by atoms with E-state index < -0.39 is 17.9 Å². The molecule has 1 atom stereocenters. The average molecular weight is 291 g/mol. The van der Waals surface area contributed by atoms with Crippen LogP contribution in [0.5, 0.6) is 0 Å². The molecule has 0 spiro atoms. The van der Waals surface area contributed by atoms with Crippen LogP contribution in [0.15, 0.2) is 17.5 Å². The molecule has 0 saturated heterocycles. The zero-order valence-corrected chi connectivity index (χ0v) is 11.1. The highest BCUT2D eigenvalue weighted by Crippen LogP contribution is 2.33. The number of hydrogen-bond acceptors (Lipinski definition) is 3. The van der Waals surface area contributed by atoms with Crippen LogP contribution in [0.4, 0.5) is 13.2 Å². The third-order valence-electron chi connectivity index (χ3n) is 3.19. The fourth-order valence-electron chi connectivity index (χ4n) is 2.00. The molecule has 1 aliphatic carbocycles. The van der Waals surface area contributed by atoms with Crippen molar-refractivity contribution < 1.29 is 13.2 Å². The summed E-state index contributed by atoms with van der Waals surface area (Å²) in [6.07, 6.45) is -2.60. The zero-order valence-electron chi connectivity index (χ0n) is 10.3. The summed E-state index contributed by atoms with van der Waals surface area (Å²) in [7, 11) is 0. The summed E-state index contributed by atoms with van der Waals surface area (Å²) in [6.45, 7) is 0.281. The Kier molecular flexibility index (Phi) is 4.15. The molecule has 1 unspecified atom stereocenters. The molecule has 0 amide bonds. The fraction of sp³-hybridized carbons (Fsp3) is 0.583. The molecule has 0 bridgehead atoms. The van der Waals surface area contributed by atoms with E-state index in [0.717, 1.165) is 17.7 Å². The van der Waals surface area contributed by atoms with Crippen molar-refractivity contribution in [1.82, 2.24) is 4.90 Å². The maximum atomic E-state index is 12.8. The van der Waals surface area contributed by atoms with Crippen molar-refractivity contribution >= 4 is 17.2 Å². The van der Waals surface area contributed by atoms with E-state index in [2.05, 4.69) is 0 Å². The number of thiophene rings is 1. The SMILES string of the molecule is N=C(N)C(CN(Cc1cccs1)C1CC1)C(F)(F)F. The van der Waals surface area contributed by atoms with E-state index in [1.165, 1.54) is 11.3 Å². The molecule has 0 aromatic carbocycles. The van der Waals surface area contributed by atoms with Crippen LogP contribution in [0.25, 0.3) is 0 Å². The van der Waals surface area contributed by atoms with Gasteiger partial charge in [-0.3, -0.25) is 10.3 Å². The maximum absolute atomic E-state index is 12.8. The molecule has 1 heterocycles. The molecule has 19 heavy (non-hydrogen) atoms. The fourth-order valence-corrected chi connectivity index (χ4v) is 2.73. The summed E-state index contributed by atoms with van der Waals surface area (Å²) in [5, 5.41) is 9.05. The molecule has 106 valence electrons. The largest absolute Gasteiger partial charge is 0.399 e. The van der Waals surface area contributed by atoms with Gasteiger partial charge < -0.3 is 5.73 Å². The molecule has 3 nitrogen and oxygen atoms in total. The number of halogens is 3. The van der Waals surface area contributed by atoms with Gasteiger partial charge >= 0.3 is 6.18 Å². The Labute approximate surface area is 113 Å². The number of amidine groups is 1. The highest BCUT2D eigenvalue weighted by Gasteiger charge is 2.44. The van der Waals surface area contributed by atoms with Gasteiger partial charge in [0.25, 0.3) is 0 Å². The van der Waals surface area contributed by atoms with E-state index in [9.17, 15) is 13.2 Å². The van der Waals surface area contributed by atoms with Crippen molar-refractivity contribution in [2.75, 3.05) is 6.54 Å². The average Bonchev–Trinajstić information content (AvgIpc) is 3.00. The third-order valence-corrected chi connectivity index (χ3v) is 4.05. The predicted molar refractivity (Wildman–Crippen MR) is 69.2 cm³/mol. The first-order valence-electron chi connectivity index (χ1n) is 6.05. The first-order chi connectivity index (χ1) is 8.88. The Bertz CT molecular complexity index is 426. The van der Waals surface area contributed by atoms with Gasteiger partial charge in [0.1, 0.15) is 11.8 Å². The molecule has 7 heteroatoms. The van der Waals surface area contributed by atoms with Crippen LogP contribution >= 0.6 is 11.3 Å². The molecule has 0 aliphatic heterocycles. The summed E-state index contributed by atoms with van der Waals surface area (Å²) < 4.78 is 38.5. The van der Waals surface area contributed by atoms with E-state index >= 15 is 0 Å². The van der Waals surface area contributed by atoms with Crippen LogP contribution in [0.3, 0.4) is 0 Å². The first-order valence-corrected chi connectivity index (χ1v) is 6.93. The third kappa shape index (κ3) is 3.94. The standard InChI is InChI=1S/C12H16F3N3S/c13-12(14,15)10(11(16)17)7-18(8-3-4-8)6-9-2-1-5-19-9/h1-2,5,8,10H,3-4,6-7H2,(H3,16,17). The minimum Gasteiger partial charge on any atom is -0.387 e. The van der Waals surface area contributed by atoms with Crippen molar-refractivity contribution in [3.8, 4) is 0 Å². The van der Waals surface area contributed by atoms with Gasteiger partial charge in [0.2, 0.25) is 0 Å². The van der Waals surface area contributed by atoms with E-state index in [-0.39, 0.29) is 12.6 Å². The highest BCUT2D eigenvalue weighted by atomic mass is 32.1. The molecule has 1 aromatic heterocycles. The first kappa shape index (κ1) is 14.3. The number of hydrogen-bond donors (Lipinski definition) is 2. The minimum absolute atomic E-state index is 0.200. The van der Waals surface area contributed by atoms with Crippen LogP contribution in [0.1, 0.15) is 17.7 Å². The van der Waals surface area contributed by atoms with Crippen molar-refractivity contribution in [2.45, 2.75) is 31.6 Å². The number of rotatable bonds is 6. The molecule has 1 saturated carbocycles. The molecule has 2 rings (SSSR count). The second-order valence-corrected chi connectivity index (χ2v) is 5.82. The van der Waals surface area contributed by atoms with Crippen molar-refractivity contribution in [3.63, 3.8) is 0 Å². The van der Waals surface area contributed by atoms with Gasteiger partial charge in [-0.05, 0) is 24.3 Å². The van der Waals surface area contributed by atoms with Crippen molar-refractivity contribution in [1.29, 1.82) is 5.41 Å². The Morgan fingerprint density at radius 1 is 1.53 bits per heavy atom. The van der Waals surface area contributed by atoms with Crippen LogP contribution in [0.2, 0.25) is 0 Å². The van der Waals surface area contributed by atoms with Crippen LogP contribution in [-0.4, -0.2) is 29.5 Å². The summed E-state index contributed by atoms with van der Waals surface area (Å²) in [5.74, 6) is -2.67. The normalized spacial score (nSPS) is 17.7. The molecule has 3 N–H and O–H groups in total. The Morgan fingerprint density at radius 2 is 2.21 bits per heavy atom. The van der Waals surface area contributed by atoms with E-state index in [4.69, 9.17) is 11.1 Å². The lowest BCUT2D eigenvalue weighted by Gasteiger charge is -2.27. The number of nitrogens with two attached hydrogens (primary N) is 1. The van der Waals surface area contributed by atoms with E-state index in [1.807, 2.05) is 17.5 Å². The van der Waals surface area contributed by atoms with Gasteiger partial charge in [-0.15, -0.1) is 11.3 Å². The second-order valence-electron chi connectivity index (χ2n) is 4.79. The zero-order chi connectivity index (χ0) is 14.0. The van der Waals surface area contributed by atoms with Gasteiger partial charge in [0, 0.05) is 24.0 Å². The lowest BCUT2D eigenvalue weighted by Crippen LogP contribution is -2.44. The highest BCUT2D eigenvalue weighted by molar-refractivity contribution is 7.09. The van der Waals surface area contributed by atoms with Crippen LogP contribution in [-0.2, 0) is 6.54 Å². The molecular weight excluding hydrogens is 275 g/mol. The van der Waals surface area contributed by atoms with E-state index in [1.54, 1.807) is 4.90 Å². The molecule has 0 radical (unpaired) electrons. The van der Waals surface area contributed by atoms with Gasteiger partial charge in [-0.25, -0.2) is 0 Å². The van der Waals surface area contributed by atoms with E-state index in [0.29, 0.717) is 6.54 Å². The topological polar surface area (TPSA) is 53.1 Å². The number of alkyl halides is 3. The monoisotopic (exact) mass is 291 g/mol. The van der Waals surface area contributed by atoms with Gasteiger partial charge in [-0.1, -0.05) is 6.07 Å². The Morgan fingerprint density at radius 3 is 2.63 bits per heavy atom. The van der Waals surface area contributed by atoms with Gasteiger partial charge in [0.15, 0.2) is 0 Å². The smallest absolute Gasteiger partial charge is 0.387 e. The lowest BCUT2D eigenvalue weighted by molar-refractivity contribution is -0.160. The quantitative estimate of drug-likeness (QED) is 0.625. The van der Waals surface area contributed by atoms with Crippen LogP contribution < -0.4 is 5.73 Å².